The lowest BCUT2D eigenvalue weighted by Crippen LogP contribution is -2.34. The molecule has 1 N–H and O–H groups in total. The Morgan fingerprint density at radius 3 is 2.61 bits per heavy atom. The number of carbonyl (C=O) groups excluding carboxylic acids is 1. The third kappa shape index (κ3) is 4.75. The van der Waals surface area contributed by atoms with Crippen LogP contribution in [-0.2, 0) is 26.2 Å². The molecule has 0 spiro atoms. The van der Waals surface area contributed by atoms with Gasteiger partial charge in [-0.15, -0.1) is 0 Å². The van der Waals surface area contributed by atoms with Crippen molar-refractivity contribution in [3.8, 4) is 0 Å². The van der Waals surface area contributed by atoms with Gasteiger partial charge in [0.15, 0.2) is 0 Å². The molecule has 0 amide bonds. The van der Waals surface area contributed by atoms with Gasteiger partial charge in [-0.2, -0.15) is 0 Å². The molecule has 0 saturated carbocycles. The number of ether oxygens (including phenoxy) is 1. The number of halogens is 2. The van der Waals surface area contributed by atoms with Crippen LogP contribution >= 0.6 is 0 Å². The van der Waals surface area contributed by atoms with Crippen LogP contribution in [0.3, 0.4) is 0 Å². The van der Waals surface area contributed by atoms with E-state index >= 15 is 0 Å². The molecule has 5 nitrogen and oxygen atoms in total. The van der Waals surface area contributed by atoms with Crippen molar-refractivity contribution < 1.29 is 26.7 Å². The molecule has 1 unspecified atom stereocenters. The topological polar surface area (TPSA) is 72.5 Å². The van der Waals surface area contributed by atoms with Gasteiger partial charge >= 0.3 is 5.97 Å². The third-order valence-corrected chi connectivity index (χ3v) is 6.13. The van der Waals surface area contributed by atoms with Crippen LogP contribution < -0.4 is 4.72 Å². The molecule has 0 heterocycles. The van der Waals surface area contributed by atoms with E-state index in [9.17, 15) is 22.0 Å². The van der Waals surface area contributed by atoms with Crippen LogP contribution in [0.4, 0.5) is 14.5 Å². The van der Waals surface area contributed by atoms with Crippen LogP contribution in [0.5, 0.6) is 0 Å². The lowest BCUT2D eigenvalue weighted by Gasteiger charge is -2.24. The average Bonchev–Trinajstić information content (AvgIpc) is 2.69. The van der Waals surface area contributed by atoms with Gasteiger partial charge < -0.3 is 4.74 Å². The fourth-order valence-corrected chi connectivity index (χ4v) is 4.61. The first kappa shape index (κ1) is 20.0. The van der Waals surface area contributed by atoms with Crippen molar-refractivity contribution in [3.05, 3.63) is 77.4 Å². The van der Waals surface area contributed by atoms with Crippen molar-refractivity contribution in [2.24, 2.45) is 0 Å². The van der Waals surface area contributed by atoms with Crippen LogP contribution in [0.2, 0.25) is 0 Å². The van der Waals surface area contributed by atoms with Crippen LogP contribution in [0, 0.1) is 11.6 Å². The largest absolute Gasteiger partial charge is 0.457 e. The standard InChI is InChI=1S/C20H19F2NO4S/c21-15-10-11-18(17(22)12-15)23-28(25,26)19-9-5-4-8-16(19)20(24)27-13-14-6-2-1-3-7-14/h1-3,6-8,10-12,19,23H,4-5,9,13H2. The summed E-state index contributed by atoms with van der Waals surface area (Å²) in [5.41, 5.74) is 0.430. The molecule has 3 rings (SSSR count). The van der Waals surface area contributed by atoms with Gasteiger partial charge in [-0.3, -0.25) is 4.72 Å². The van der Waals surface area contributed by atoms with E-state index in [-0.39, 0.29) is 24.3 Å². The number of hydrogen-bond donors (Lipinski definition) is 1. The number of rotatable bonds is 6. The summed E-state index contributed by atoms with van der Waals surface area (Å²) < 4.78 is 59.8. The van der Waals surface area contributed by atoms with Crippen LogP contribution in [0.15, 0.2) is 60.2 Å². The van der Waals surface area contributed by atoms with E-state index in [1.54, 1.807) is 30.3 Å². The second-order valence-electron chi connectivity index (χ2n) is 6.41. The summed E-state index contributed by atoms with van der Waals surface area (Å²) in [6, 6.07) is 11.6. The Kier molecular flexibility index (Phi) is 6.08. The summed E-state index contributed by atoms with van der Waals surface area (Å²) in [5.74, 6) is -2.57. The molecule has 8 heteroatoms. The molecule has 2 aromatic rings. The van der Waals surface area contributed by atoms with Crippen molar-refractivity contribution in [2.45, 2.75) is 31.1 Å². The summed E-state index contributed by atoms with van der Waals surface area (Å²) in [6.45, 7) is 0.0177. The zero-order valence-corrected chi connectivity index (χ0v) is 15.7. The van der Waals surface area contributed by atoms with E-state index in [0.717, 1.165) is 17.7 Å². The quantitative estimate of drug-likeness (QED) is 0.737. The van der Waals surface area contributed by atoms with Crippen LogP contribution in [0.25, 0.3) is 0 Å². The molecule has 2 aromatic carbocycles. The second-order valence-corrected chi connectivity index (χ2v) is 8.28. The Labute approximate surface area is 162 Å². The molecule has 0 saturated heterocycles. The number of carbonyl (C=O) groups is 1. The summed E-state index contributed by atoms with van der Waals surface area (Å²) in [5, 5.41) is -1.17. The van der Waals surface area contributed by atoms with E-state index in [1.165, 1.54) is 0 Å². The Hall–Kier alpha value is -2.74. The number of sulfonamides is 1. The first-order chi connectivity index (χ1) is 13.4. The zero-order chi connectivity index (χ0) is 20.1. The maximum absolute atomic E-state index is 13.8. The number of esters is 1. The molecule has 0 radical (unpaired) electrons. The predicted octanol–water partition coefficient (Wildman–Crippen LogP) is 3.93. The van der Waals surface area contributed by atoms with Crippen molar-refractivity contribution in [1.29, 1.82) is 0 Å². The monoisotopic (exact) mass is 407 g/mol. The van der Waals surface area contributed by atoms with Crippen LogP contribution in [-0.4, -0.2) is 19.6 Å². The Morgan fingerprint density at radius 1 is 1.14 bits per heavy atom. The highest BCUT2D eigenvalue weighted by Gasteiger charge is 2.35. The highest BCUT2D eigenvalue weighted by atomic mass is 32.2. The molecule has 0 aromatic heterocycles. The summed E-state index contributed by atoms with van der Waals surface area (Å²) >= 11 is 0. The molecule has 1 atom stereocenters. The molecular weight excluding hydrogens is 388 g/mol. The second kappa shape index (κ2) is 8.52. The van der Waals surface area contributed by atoms with Gasteiger partial charge in [0.1, 0.15) is 23.5 Å². The minimum atomic E-state index is -4.13. The smallest absolute Gasteiger partial charge is 0.335 e. The van der Waals surface area contributed by atoms with Gasteiger partial charge in [-0.1, -0.05) is 36.4 Å². The van der Waals surface area contributed by atoms with E-state index in [4.69, 9.17) is 4.74 Å². The third-order valence-electron chi connectivity index (χ3n) is 4.39. The number of nitrogens with one attached hydrogen (secondary N) is 1. The van der Waals surface area contributed by atoms with E-state index in [2.05, 4.69) is 4.72 Å². The highest BCUT2D eigenvalue weighted by molar-refractivity contribution is 7.93. The van der Waals surface area contributed by atoms with Gasteiger partial charge in [0, 0.05) is 6.07 Å². The minimum absolute atomic E-state index is 0.0177. The Balaban J connectivity index is 1.76. The molecule has 148 valence electrons. The number of benzene rings is 2. The van der Waals surface area contributed by atoms with E-state index in [1.807, 2.05) is 6.07 Å². The fraction of sp³-hybridized carbons (Fsp3) is 0.250. The molecular formula is C20H19F2NO4S. The molecule has 1 aliphatic carbocycles. The Bertz CT molecular complexity index is 991. The van der Waals surface area contributed by atoms with Crippen molar-refractivity contribution in [1.82, 2.24) is 0 Å². The van der Waals surface area contributed by atoms with E-state index in [0.29, 0.717) is 18.9 Å². The first-order valence-corrected chi connectivity index (χ1v) is 10.3. The SMILES string of the molecule is O=C(OCc1ccccc1)C1=CCCCC1S(=O)(=O)Nc1ccc(F)cc1F. The lowest BCUT2D eigenvalue weighted by atomic mass is 9.99. The zero-order valence-electron chi connectivity index (χ0n) is 14.9. The van der Waals surface area contributed by atoms with Gasteiger partial charge in [-0.05, 0) is 37.0 Å². The molecule has 0 bridgehead atoms. The first-order valence-electron chi connectivity index (χ1n) is 8.74. The number of allylic oxidation sites excluding steroid dienone is 1. The normalized spacial score (nSPS) is 16.9. The van der Waals surface area contributed by atoms with Crippen molar-refractivity contribution >= 4 is 21.7 Å². The fourth-order valence-electron chi connectivity index (χ4n) is 2.99. The summed E-state index contributed by atoms with van der Waals surface area (Å²) in [4.78, 5) is 12.5. The van der Waals surface area contributed by atoms with Gasteiger partial charge in [0.2, 0.25) is 10.0 Å². The average molecular weight is 407 g/mol. The Morgan fingerprint density at radius 2 is 1.89 bits per heavy atom. The number of anilines is 1. The highest BCUT2D eigenvalue weighted by Crippen LogP contribution is 2.28. The maximum Gasteiger partial charge on any atom is 0.335 e. The molecule has 28 heavy (non-hydrogen) atoms. The van der Waals surface area contributed by atoms with Gasteiger partial charge in [0.25, 0.3) is 0 Å². The van der Waals surface area contributed by atoms with Gasteiger partial charge in [0.05, 0.1) is 11.3 Å². The van der Waals surface area contributed by atoms with Crippen molar-refractivity contribution in [2.75, 3.05) is 4.72 Å². The summed E-state index contributed by atoms with van der Waals surface area (Å²) in [6.07, 6.45) is 2.85. The minimum Gasteiger partial charge on any atom is -0.457 e. The molecule has 1 aliphatic rings. The molecule has 0 fully saturated rings. The summed E-state index contributed by atoms with van der Waals surface area (Å²) in [7, 11) is -4.13. The van der Waals surface area contributed by atoms with E-state index < -0.39 is 32.9 Å². The van der Waals surface area contributed by atoms with Crippen LogP contribution in [0.1, 0.15) is 24.8 Å². The van der Waals surface area contributed by atoms with Gasteiger partial charge in [-0.25, -0.2) is 22.0 Å². The van der Waals surface area contributed by atoms with Crippen molar-refractivity contribution in [3.63, 3.8) is 0 Å². The molecule has 0 aliphatic heterocycles. The predicted molar refractivity (Wildman–Crippen MR) is 101 cm³/mol. The lowest BCUT2D eigenvalue weighted by molar-refractivity contribution is -0.140. The number of hydrogen-bond acceptors (Lipinski definition) is 4. The maximum atomic E-state index is 13.8.